The highest BCUT2D eigenvalue weighted by molar-refractivity contribution is 5.91. The van der Waals surface area contributed by atoms with E-state index in [1.807, 2.05) is 31.2 Å². The monoisotopic (exact) mass is 278 g/mol. The number of rotatable bonds is 3. The number of ether oxygens (including phenoxy) is 1. The van der Waals surface area contributed by atoms with Crippen molar-refractivity contribution in [3.8, 4) is 5.75 Å². The molecule has 2 amide bonds. The normalized spacial score (nSPS) is 22.4. The summed E-state index contributed by atoms with van der Waals surface area (Å²) in [6.07, 6.45) is 1.22. The molecule has 2 atom stereocenters. The number of nitrogens with one attached hydrogen (secondary N) is 1. The van der Waals surface area contributed by atoms with Crippen molar-refractivity contribution in [1.82, 2.24) is 4.90 Å². The van der Waals surface area contributed by atoms with E-state index in [1.165, 1.54) is 0 Å². The minimum Gasteiger partial charge on any atom is -0.495 e. The summed E-state index contributed by atoms with van der Waals surface area (Å²) in [6.45, 7) is 3.22. The van der Waals surface area contributed by atoms with Crippen molar-refractivity contribution in [2.24, 2.45) is 5.92 Å². The highest BCUT2D eigenvalue weighted by Crippen LogP contribution is 2.25. The third kappa shape index (κ3) is 3.22. The molecule has 0 radical (unpaired) electrons. The van der Waals surface area contributed by atoms with E-state index in [2.05, 4.69) is 5.32 Å². The van der Waals surface area contributed by atoms with Crippen LogP contribution in [0.3, 0.4) is 0 Å². The average Bonchev–Trinajstić information content (AvgIpc) is 2.48. The summed E-state index contributed by atoms with van der Waals surface area (Å²) in [4.78, 5) is 14.0. The molecular formula is C15H22N2O3. The van der Waals surface area contributed by atoms with Gasteiger partial charge < -0.3 is 20.1 Å². The van der Waals surface area contributed by atoms with Crippen LogP contribution in [0.25, 0.3) is 0 Å². The highest BCUT2D eigenvalue weighted by Gasteiger charge is 2.29. The maximum Gasteiger partial charge on any atom is 0.321 e. The zero-order valence-electron chi connectivity index (χ0n) is 12.0. The van der Waals surface area contributed by atoms with Crippen LogP contribution >= 0.6 is 0 Å². The zero-order valence-corrected chi connectivity index (χ0v) is 12.0. The van der Waals surface area contributed by atoms with Crippen molar-refractivity contribution in [1.29, 1.82) is 0 Å². The number of carbonyl (C=O) groups excluding carboxylic acids is 1. The van der Waals surface area contributed by atoms with Gasteiger partial charge in [0.25, 0.3) is 0 Å². The molecule has 0 spiro atoms. The SMILES string of the molecule is CCC1CN(C(=O)Nc2ccccc2OC)CCC1O. The quantitative estimate of drug-likeness (QED) is 0.892. The molecule has 0 aliphatic carbocycles. The van der Waals surface area contributed by atoms with Crippen LogP contribution in [0.2, 0.25) is 0 Å². The fourth-order valence-electron chi connectivity index (χ4n) is 2.55. The molecule has 1 aliphatic heterocycles. The summed E-state index contributed by atoms with van der Waals surface area (Å²) in [5.74, 6) is 0.803. The standard InChI is InChI=1S/C15H22N2O3/c1-3-11-10-17(9-8-13(11)18)15(19)16-12-6-4-5-7-14(12)20-2/h4-7,11,13,18H,3,8-10H2,1-2H3,(H,16,19). The lowest BCUT2D eigenvalue weighted by atomic mass is 9.93. The highest BCUT2D eigenvalue weighted by atomic mass is 16.5. The Morgan fingerprint density at radius 1 is 1.50 bits per heavy atom. The van der Waals surface area contributed by atoms with Crippen LogP contribution in [-0.4, -0.2) is 42.3 Å². The van der Waals surface area contributed by atoms with E-state index in [-0.39, 0.29) is 18.1 Å². The molecule has 20 heavy (non-hydrogen) atoms. The number of hydrogen-bond acceptors (Lipinski definition) is 3. The van der Waals surface area contributed by atoms with Crippen LogP contribution < -0.4 is 10.1 Å². The first-order chi connectivity index (χ1) is 9.65. The van der Waals surface area contributed by atoms with Crippen LogP contribution in [0, 0.1) is 5.92 Å². The Morgan fingerprint density at radius 2 is 2.25 bits per heavy atom. The molecule has 0 saturated carbocycles. The lowest BCUT2D eigenvalue weighted by Gasteiger charge is -2.35. The van der Waals surface area contributed by atoms with Gasteiger partial charge in [-0.05, 0) is 25.0 Å². The zero-order chi connectivity index (χ0) is 14.5. The fourth-order valence-corrected chi connectivity index (χ4v) is 2.55. The van der Waals surface area contributed by atoms with E-state index in [0.717, 1.165) is 6.42 Å². The van der Waals surface area contributed by atoms with E-state index in [0.29, 0.717) is 30.9 Å². The number of likely N-dealkylation sites (tertiary alicyclic amines) is 1. The van der Waals surface area contributed by atoms with Gasteiger partial charge in [-0.3, -0.25) is 0 Å². The van der Waals surface area contributed by atoms with Crippen molar-refractivity contribution >= 4 is 11.7 Å². The summed E-state index contributed by atoms with van der Waals surface area (Å²) in [7, 11) is 1.58. The number of hydrogen-bond donors (Lipinski definition) is 2. The molecule has 1 heterocycles. The Morgan fingerprint density at radius 3 is 2.95 bits per heavy atom. The molecular weight excluding hydrogens is 256 g/mol. The Balaban J connectivity index is 2.01. The number of amides is 2. The molecule has 2 N–H and O–H groups in total. The maximum atomic E-state index is 12.3. The third-order valence-electron chi connectivity index (χ3n) is 3.85. The van der Waals surface area contributed by atoms with Gasteiger partial charge in [0.1, 0.15) is 5.75 Å². The number of anilines is 1. The van der Waals surface area contributed by atoms with Gasteiger partial charge in [0.2, 0.25) is 0 Å². The first-order valence-corrected chi connectivity index (χ1v) is 7.02. The minimum absolute atomic E-state index is 0.139. The van der Waals surface area contributed by atoms with Gasteiger partial charge >= 0.3 is 6.03 Å². The maximum absolute atomic E-state index is 12.3. The second-order valence-corrected chi connectivity index (χ2v) is 5.10. The fraction of sp³-hybridized carbons (Fsp3) is 0.533. The smallest absolute Gasteiger partial charge is 0.321 e. The number of urea groups is 1. The predicted octanol–water partition coefficient (Wildman–Crippen LogP) is 2.32. The topological polar surface area (TPSA) is 61.8 Å². The summed E-state index contributed by atoms with van der Waals surface area (Å²) in [5.41, 5.74) is 0.666. The average molecular weight is 278 g/mol. The van der Waals surface area contributed by atoms with Gasteiger partial charge in [-0.1, -0.05) is 19.1 Å². The molecule has 2 unspecified atom stereocenters. The number of piperidine rings is 1. The summed E-state index contributed by atoms with van der Waals surface area (Å²) in [5, 5.41) is 12.7. The van der Waals surface area contributed by atoms with Gasteiger partial charge in [0, 0.05) is 19.0 Å². The predicted molar refractivity (Wildman–Crippen MR) is 78.0 cm³/mol. The Kier molecular flexibility index (Phi) is 4.84. The van der Waals surface area contributed by atoms with Gasteiger partial charge in [0.15, 0.2) is 0 Å². The largest absolute Gasteiger partial charge is 0.495 e. The number of benzene rings is 1. The van der Waals surface area contributed by atoms with Crippen molar-refractivity contribution in [3.05, 3.63) is 24.3 Å². The molecule has 1 aromatic carbocycles. The van der Waals surface area contributed by atoms with Gasteiger partial charge in [0.05, 0.1) is 18.9 Å². The molecule has 5 nitrogen and oxygen atoms in total. The van der Waals surface area contributed by atoms with Gasteiger partial charge in [-0.2, -0.15) is 0 Å². The van der Waals surface area contributed by atoms with Crippen molar-refractivity contribution in [3.63, 3.8) is 0 Å². The van der Waals surface area contributed by atoms with E-state index >= 15 is 0 Å². The number of methoxy groups -OCH3 is 1. The van der Waals surface area contributed by atoms with Crippen molar-refractivity contribution < 1.29 is 14.6 Å². The molecule has 1 fully saturated rings. The van der Waals surface area contributed by atoms with Crippen LogP contribution in [0.5, 0.6) is 5.75 Å². The molecule has 0 bridgehead atoms. The summed E-state index contributed by atoms with van der Waals surface area (Å²) in [6, 6.07) is 7.20. The number of para-hydroxylation sites is 2. The Bertz CT molecular complexity index is 464. The molecule has 110 valence electrons. The molecule has 1 aliphatic rings. The summed E-state index contributed by atoms with van der Waals surface area (Å²) < 4.78 is 5.22. The number of aliphatic hydroxyl groups is 1. The second-order valence-electron chi connectivity index (χ2n) is 5.10. The molecule has 0 aromatic heterocycles. The molecule has 1 aromatic rings. The minimum atomic E-state index is -0.296. The van der Waals surface area contributed by atoms with E-state index < -0.39 is 0 Å². The third-order valence-corrected chi connectivity index (χ3v) is 3.85. The first-order valence-electron chi connectivity index (χ1n) is 7.02. The number of carbonyl (C=O) groups is 1. The van der Waals surface area contributed by atoms with Crippen LogP contribution in [0.15, 0.2) is 24.3 Å². The lowest BCUT2D eigenvalue weighted by Crippen LogP contribution is -2.47. The molecule has 1 saturated heterocycles. The van der Waals surface area contributed by atoms with E-state index in [9.17, 15) is 9.90 Å². The van der Waals surface area contributed by atoms with Crippen LogP contribution in [-0.2, 0) is 0 Å². The number of aliphatic hydroxyl groups excluding tert-OH is 1. The first kappa shape index (κ1) is 14.7. The van der Waals surface area contributed by atoms with E-state index in [4.69, 9.17) is 4.74 Å². The van der Waals surface area contributed by atoms with Crippen molar-refractivity contribution in [2.75, 3.05) is 25.5 Å². The van der Waals surface area contributed by atoms with Gasteiger partial charge in [-0.25, -0.2) is 4.79 Å². The van der Waals surface area contributed by atoms with Gasteiger partial charge in [-0.15, -0.1) is 0 Å². The van der Waals surface area contributed by atoms with Crippen LogP contribution in [0.1, 0.15) is 19.8 Å². The Hall–Kier alpha value is -1.75. The van der Waals surface area contributed by atoms with Crippen molar-refractivity contribution in [2.45, 2.75) is 25.9 Å². The lowest BCUT2D eigenvalue weighted by molar-refractivity contribution is 0.0405. The summed E-state index contributed by atoms with van der Waals surface area (Å²) >= 11 is 0. The number of nitrogens with zero attached hydrogens (tertiary/aromatic N) is 1. The second kappa shape index (κ2) is 6.61. The Labute approximate surface area is 119 Å². The molecule has 5 heteroatoms. The molecule has 2 rings (SSSR count). The van der Waals surface area contributed by atoms with Crippen LogP contribution in [0.4, 0.5) is 10.5 Å². The van der Waals surface area contributed by atoms with E-state index in [1.54, 1.807) is 12.0 Å².